The van der Waals surface area contributed by atoms with Crippen molar-refractivity contribution in [3.8, 4) is 17.1 Å². The third-order valence-corrected chi connectivity index (χ3v) is 10.5. The highest BCUT2D eigenvalue weighted by molar-refractivity contribution is 7.92. The average Bonchev–Trinajstić information content (AvgIpc) is 3.82. The number of anilines is 1. The number of carboxylic acids is 1. The van der Waals surface area contributed by atoms with E-state index in [0.29, 0.717) is 29.8 Å². The van der Waals surface area contributed by atoms with Gasteiger partial charge in [0.1, 0.15) is 17.9 Å². The van der Waals surface area contributed by atoms with Crippen molar-refractivity contribution in [2.24, 2.45) is 5.92 Å². The van der Waals surface area contributed by atoms with Gasteiger partial charge in [-0.15, -0.1) is 0 Å². The van der Waals surface area contributed by atoms with Crippen LogP contribution < -0.4 is 14.8 Å². The van der Waals surface area contributed by atoms with Crippen LogP contribution in [0, 0.1) is 19.8 Å². The summed E-state index contributed by atoms with van der Waals surface area (Å²) in [6.45, 7) is 4.69. The van der Waals surface area contributed by atoms with Gasteiger partial charge < -0.3 is 19.6 Å². The molecule has 0 saturated heterocycles. The van der Waals surface area contributed by atoms with E-state index in [2.05, 4.69) is 25.0 Å². The van der Waals surface area contributed by atoms with Gasteiger partial charge in [0.15, 0.2) is 0 Å². The number of benzene rings is 2. The molecule has 2 fully saturated rings. The summed E-state index contributed by atoms with van der Waals surface area (Å²) in [6, 6.07) is 14.7. The molecule has 2 aliphatic carbocycles. The van der Waals surface area contributed by atoms with Gasteiger partial charge in [0.05, 0.1) is 28.0 Å². The molecular formula is C36H38N6O6S. The Hall–Kier alpha value is -4.88. The molecule has 2 aliphatic rings. The first-order valence-electron chi connectivity index (χ1n) is 16.5. The highest BCUT2D eigenvalue weighted by Gasteiger charge is 2.28. The Balaban J connectivity index is 1.13. The summed E-state index contributed by atoms with van der Waals surface area (Å²) in [5, 5.41) is 13.0. The number of ether oxygens (including phenoxy) is 1. The molecule has 2 saturated carbocycles. The van der Waals surface area contributed by atoms with Crippen LogP contribution in [0.3, 0.4) is 0 Å². The lowest BCUT2D eigenvalue weighted by Crippen LogP contribution is -2.37. The topological polar surface area (TPSA) is 169 Å². The second kappa shape index (κ2) is 13.6. The molecule has 3 aromatic heterocycles. The Morgan fingerprint density at radius 2 is 1.80 bits per heavy atom. The summed E-state index contributed by atoms with van der Waals surface area (Å²) in [6.07, 6.45) is 8.48. The largest absolute Gasteiger partial charge is 0.478 e. The maximum Gasteiger partial charge on any atom is 0.335 e. The van der Waals surface area contributed by atoms with E-state index in [1.807, 2.05) is 38.1 Å². The summed E-state index contributed by atoms with van der Waals surface area (Å²) in [7, 11) is -4.23. The number of fused-ring (bicyclic) bond motifs is 1. The Morgan fingerprint density at radius 1 is 1.02 bits per heavy atom. The van der Waals surface area contributed by atoms with Crippen molar-refractivity contribution in [2.45, 2.75) is 75.8 Å². The predicted octanol–water partition coefficient (Wildman–Crippen LogP) is 6.40. The number of carbonyl (C=O) groups is 1. The molecule has 0 unspecified atom stereocenters. The van der Waals surface area contributed by atoms with Crippen LogP contribution in [-0.2, 0) is 16.6 Å². The molecule has 0 bridgehead atoms. The van der Waals surface area contributed by atoms with Gasteiger partial charge in [-0.3, -0.25) is 0 Å². The van der Waals surface area contributed by atoms with E-state index in [4.69, 9.17) is 14.1 Å². The van der Waals surface area contributed by atoms with E-state index in [1.54, 1.807) is 12.3 Å². The Bertz CT molecular complexity index is 2110. The van der Waals surface area contributed by atoms with Crippen molar-refractivity contribution in [1.29, 1.82) is 0 Å². The summed E-state index contributed by atoms with van der Waals surface area (Å²) in [5.74, 6) is 0.812. The number of aryl methyl sites for hydroxylation is 2. The monoisotopic (exact) mass is 682 g/mol. The molecule has 0 aliphatic heterocycles. The zero-order valence-electron chi connectivity index (χ0n) is 27.3. The minimum absolute atomic E-state index is 0.0355. The van der Waals surface area contributed by atoms with E-state index in [1.165, 1.54) is 37.5 Å². The summed E-state index contributed by atoms with van der Waals surface area (Å²) in [4.78, 5) is 29.6. The molecule has 0 spiro atoms. The van der Waals surface area contributed by atoms with Gasteiger partial charge >= 0.3 is 5.97 Å². The fraction of sp³-hybridized carbons (Fsp3) is 0.361. The minimum atomic E-state index is -4.23. The first-order chi connectivity index (χ1) is 23.6. The number of carboxylic acid groups (broad SMARTS) is 1. The average molecular weight is 683 g/mol. The zero-order valence-corrected chi connectivity index (χ0v) is 28.2. The lowest BCUT2D eigenvalue weighted by Gasteiger charge is -2.30. The third-order valence-electron chi connectivity index (χ3n) is 9.19. The summed E-state index contributed by atoms with van der Waals surface area (Å²) >= 11 is 0. The minimum Gasteiger partial charge on any atom is -0.478 e. The lowest BCUT2D eigenvalue weighted by atomic mass is 9.81. The van der Waals surface area contributed by atoms with Gasteiger partial charge in [-0.05, 0) is 68.4 Å². The zero-order chi connectivity index (χ0) is 34.1. The number of sulfonamides is 1. The van der Waals surface area contributed by atoms with Crippen molar-refractivity contribution >= 4 is 33.2 Å². The Labute approximate surface area is 284 Å². The van der Waals surface area contributed by atoms with E-state index in [0.717, 1.165) is 59.0 Å². The van der Waals surface area contributed by atoms with Crippen molar-refractivity contribution < 1.29 is 27.5 Å². The number of hydrogen-bond acceptors (Lipinski definition) is 10. The van der Waals surface area contributed by atoms with Crippen LogP contribution in [0.25, 0.3) is 22.5 Å². The first-order valence-corrected chi connectivity index (χ1v) is 18.0. The van der Waals surface area contributed by atoms with Crippen molar-refractivity contribution in [2.75, 3.05) is 11.3 Å². The van der Waals surface area contributed by atoms with Crippen molar-refractivity contribution in [1.82, 2.24) is 25.3 Å². The maximum atomic E-state index is 13.4. The van der Waals surface area contributed by atoms with E-state index in [9.17, 15) is 18.3 Å². The van der Waals surface area contributed by atoms with Crippen LogP contribution in [-0.4, -0.2) is 52.1 Å². The molecular weight excluding hydrogens is 644 g/mol. The van der Waals surface area contributed by atoms with Crippen LogP contribution in [0.4, 0.5) is 5.95 Å². The van der Waals surface area contributed by atoms with Gasteiger partial charge in [0.2, 0.25) is 17.5 Å². The standard InChI is InChI=1S/C36H38N6O6S/c1-21-6-3-7-22(2)33(21)29-17-32(41-36(40-29)42-49(45,46)28-11-5-10-25(15-28)35(43)44)47-20-26(14-23-8-4-9-23)37-18-27-19-38-34-30(39-27)16-31(48-34)24-12-13-24/h3,5-7,10-11,15-17,19,23-24,26,37H,4,8-9,12-14,18,20H2,1-2H3,(H,43,44)(H,40,41,42)/t26-/m1/s1. The first kappa shape index (κ1) is 32.7. The molecule has 0 amide bonds. The van der Waals surface area contributed by atoms with E-state index in [-0.39, 0.29) is 34.9 Å². The summed E-state index contributed by atoms with van der Waals surface area (Å²) in [5.41, 5.74) is 5.22. The SMILES string of the molecule is Cc1cccc(C)c1-c1cc(OC[C@@H](CC2CCC2)NCc2cnc3oc(C4CC4)cc3n2)nc(NS(=O)(=O)c2cccc(C(=O)O)c2)n1. The molecule has 5 aromatic rings. The van der Waals surface area contributed by atoms with Crippen LogP contribution in [0.2, 0.25) is 0 Å². The van der Waals surface area contributed by atoms with Crippen LogP contribution in [0.5, 0.6) is 5.88 Å². The number of rotatable bonds is 14. The predicted molar refractivity (Wildman–Crippen MR) is 183 cm³/mol. The van der Waals surface area contributed by atoms with Crippen molar-refractivity contribution in [3.63, 3.8) is 0 Å². The van der Waals surface area contributed by atoms with Gasteiger partial charge in [0, 0.05) is 36.2 Å². The number of nitrogens with one attached hydrogen (secondary N) is 2. The summed E-state index contributed by atoms with van der Waals surface area (Å²) < 4.78 is 41.4. The van der Waals surface area contributed by atoms with Crippen molar-refractivity contribution in [3.05, 3.63) is 88.9 Å². The van der Waals surface area contributed by atoms with E-state index >= 15 is 0 Å². The highest BCUT2D eigenvalue weighted by atomic mass is 32.2. The molecule has 254 valence electrons. The fourth-order valence-corrected chi connectivity index (χ4v) is 7.17. The number of furan rings is 1. The quantitative estimate of drug-likeness (QED) is 0.118. The molecule has 49 heavy (non-hydrogen) atoms. The molecule has 2 aromatic carbocycles. The highest BCUT2D eigenvalue weighted by Crippen LogP contribution is 2.41. The van der Waals surface area contributed by atoms with Gasteiger partial charge in [-0.1, -0.05) is 43.5 Å². The second-order valence-corrected chi connectivity index (χ2v) is 14.7. The fourth-order valence-electron chi connectivity index (χ4n) is 6.18. The van der Waals surface area contributed by atoms with Crippen LogP contribution >= 0.6 is 0 Å². The molecule has 7 rings (SSSR count). The number of hydrogen-bond donors (Lipinski definition) is 3. The smallest absolute Gasteiger partial charge is 0.335 e. The normalized spacial score (nSPS) is 15.6. The van der Waals surface area contributed by atoms with Gasteiger partial charge in [0.25, 0.3) is 10.0 Å². The maximum absolute atomic E-state index is 13.4. The Kier molecular flexibility index (Phi) is 9.03. The van der Waals surface area contributed by atoms with E-state index < -0.39 is 16.0 Å². The molecule has 13 heteroatoms. The Morgan fingerprint density at radius 3 is 2.51 bits per heavy atom. The molecule has 3 N–H and O–H groups in total. The third kappa shape index (κ3) is 7.57. The molecule has 1 atom stereocenters. The van der Waals surface area contributed by atoms with Crippen LogP contribution in [0.1, 0.15) is 77.4 Å². The van der Waals surface area contributed by atoms with Crippen LogP contribution in [0.15, 0.2) is 70.1 Å². The van der Waals surface area contributed by atoms with Gasteiger partial charge in [-0.2, -0.15) is 4.98 Å². The number of aromatic nitrogens is 4. The second-order valence-electron chi connectivity index (χ2n) is 13.0. The van der Waals surface area contributed by atoms with Gasteiger partial charge in [-0.25, -0.2) is 32.9 Å². The molecule has 12 nitrogen and oxygen atoms in total. The number of nitrogens with zero attached hydrogens (tertiary/aromatic N) is 4. The lowest BCUT2D eigenvalue weighted by molar-refractivity contribution is 0.0696. The number of aromatic carboxylic acids is 1. The molecule has 0 radical (unpaired) electrons. The molecule has 3 heterocycles.